The zero-order chi connectivity index (χ0) is 10.6. The third-order valence-corrected chi connectivity index (χ3v) is 2.35. The van der Waals surface area contributed by atoms with Gasteiger partial charge < -0.3 is 5.73 Å². The van der Waals surface area contributed by atoms with Gasteiger partial charge in [0.1, 0.15) is 5.82 Å². The van der Waals surface area contributed by atoms with Crippen molar-refractivity contribution in [3.05, 3.63) is 35.6 Å². The van der Waals surface area contributed by atoms with Crippen LogP contribution >= 0.6 is 12.4 Å². The summed E-state index contributed by atoms with van der Waals surface area (Å²) in [6.07, 6.45) is 2.07. The van der Waals surface area contributed by atoms with Crippen molar-refractivity contribution in [2.75, 3.05) is 0 Å². The molecule has 0 heterocycles. The molecule has 0 saturated heterocycles. The standard InChI is InChI=1S/C12H18FN.ClH/c1-9(2)3-8-12(14)10-4-6-11(13)7-5-10;/h4-7,9,12H,3,8,14H2,1-2H3;1H. The van der Waals surface area contributed by atoms with E-state index >= 15 is 0 Å². The van der Waals surface area contributed by atoms with E-state index in [4.69, 9.17) is 5.73 Å². The molecule has 0 radical (unpaired) electrons. The molecule has 0 aliphatic carbocycles. The van der Waals surface area contributed by atoms with Gasteiger partial charge in [0.2, 0.25) is 0 Å². The van der Waals surface area contributed by atoms with Crippen LogP contribution in [0.5, 0.6) is 0 Å². The maximum Gasteiger partial charge on any atom is 0.123 e. The maximum absolute atomic E-state index is 12.6. The van der Waals surface area contributed by atoms with Crippen molar-refractivity contribution >= 4 is 12.4 Å². The minimum absolute atomic E-state index is 0. The smallest absolute Gasteiger partial charge is 0.123 e. The molecule has 86 valence electrons. The SMILES string of the molecule is CC(C)CCC(N)c1ccc(F)cc1.Cl. The third-order valence-electron chi connectivity index (χ3n) is 2.35. The van der Waals surface area contributed by atoms with Gasteiger partial charge in [0, 0.05) is 6.04 Å². The van der Waals surface area contributed by atoms with E-state index in [0.29, 0.717) is 5.92 Å². The van der Waals surface area contributed by atoms with Gasteiger partial charge in [-0.25, -0.2) is 4.39 Å². The monoisotopic (exact) mass is 231 g/mol. The van der Waals surface area contributed by atoms with E-state index in [2.05, 4.69) is 13.8 Å². The topological polar surface area (TPSA) is 26.0 Å². The summed E-state index contributed by atoms with van der Waals surface area (Å²) in [4.78, 5) is 0. The Balaban J connectivity index is 0.00000196. The molecular weight excluding hydrogens is 213 g/mol. The van der Waals surface area contributed by atoms with Crippen molar-refractivity contribution in [3.8, 4) is 0 Å². The van der Waals surface area contributed by atoms with Crippen molar-refractivity contribution in [3.63, 3.8) is 0 Å². The molecule has 0 aromatic heterocycles. The van der Waals surface area contributed by atoms with E-state index in [1.165, 1.54) is 12.1 Å². The molecular formula is C12H19ClFN. The van der Waals surface area contributed by atoms with Gasteiger partial charge in [-0.2, -0.15) is 0 Å². The highest BCUT2D eigenvalue weighted by Crippen LogP contribution is 2.18. The molecule has 0 aliphatic rings. The Labute approximate surface area is 97.3 Å². The number of nitrogens with two attached hydrogens (primary N) is 1. The lowest BCUT2D eigenvalue weighted by atomic mass is 9.98. The van der Waals surface area contributed by atoms with Crippen LogP contribution < -0.4 is 5.73 Å². The van der Waals surface area contributed by atoms with Crippen LogP contribution in [-0.4, -0.2) is 0 Å². The molecule has 15 heavy (non-hydrogen) atoms. The molecule has 0 amide bonds. The Kier molecular flexibility index (Phi) is 6.53. The number of hydrogen-bond acceptors (Lipinski definition) is 1. The Morgan fingerprint density at radius 3 is 2.13 bits per heavy atom. The molecule has 0 bridgehead atoms. The number of hydrogen-bond donors (Lipinski definition) is 1. The fourth-order valence-electron chi connectivity index (χ4n) is 1.39. The summed E-state index contributed by atoms with van der Waals surface area (Å²) in [7, 11) is 0. The second kappa shape index (κ2) is 6.81. The second-order valence-electron chi connectivity index (χ2n) is 4.13. The molecule has 1 atom stereocenters. The summed E-state index contributed by atoms with van der Waals surface area (Å²) < 4.78 is 12.6. The lowest BCUT2D eigenvalue weighted by Crippen LogP contribution is -2.11. The van der Waals surface area contributed by atoms with E-state index in [1.807, 2.05) is 0 Å². The minimum Gasteiger partial charge on any atom is -0.324 e. The van der Waals surface area contributed by atoms with Crippen LogP contribution in [0.15, 0.2) is 24.3 Å². The van der Waals surface area contributed by atoms with Gasteiger partial charge in [-0.05, 0) is 36.5 Å². The van der Waals surface area contributed by atoms with Crippen LogP contribution in [-0.2, 0) is 0 Å². The lowest BCUT2D eigenvalue weighted by Gasteiger charge is -2.13. The van der Waals surface area contributed by atoms with Gasteiger partial charge in [0.25, 0.3) is 0 Å². The molecule has 1 aromatic carbocycles. The Bertz CT molecular complexity index is 271. The summed E-state index contributed by atoms with van der Waals surface area (Å²) in [5, 5.41) is 0. The van der Waals surface area contributed by atoms with Crippen LogP contribution in [0.25, 0.3) is 0 Å². The summed E-state index contributed by atoms with van der Waals surface area (Å²) in [5.74, 6) is 0.464. The molecule has 0 fully saturated rings. The van der Waals surface area contributed by atoms with Gasteiger partial charge in [-0.3, -0.25) is 0 Å². The molecule has 1 rings (SSSR count). The highest BCUT2D eigenvalue weighted by Gasteiger charge is 2.06. The van der Waals surface area contributed by atoms with E-state index in [0.717, 1.165) is 18.4 Å². The Morgan fingerprint density at radius 1 is 1.13 bits per heavy atom. The Hall–Kier alpha value is -0.600. The molecule has 1 aromatic rings. The van der Waals surface area contributed by atoms with Crippen molar-refractivity contribution in [1.82, 2.24) is 0 Å². The highest BCUT2D eigenvalue weighted by atomic mass is 35.5. The average molecular weight is 232 g/mol. The van der Waals surface area contributed by atoms with Crippen LogP contribution in [0.4, 0.5) is 4.39 Å². The van der Waals surface area contributed by atoms with Gasteiger partial charge >= 0.3 is 0 Å². The first kappa shape index (κ1) is 14.4. The third kappa shape index (κ3) is 5.14. The van der Waals surface area contributed by atoms with Gasteiger partial charge in [0.15, 0.2) is 0 Å². The van der Waals surface area contributed by atoms with Crippen molar-refractivity contribution in [2.24, 2.45) is 11.7 Å². The summed E-state index contributed by atoms with van der Waals surface area (Å²) in [6, 6.07) is 6.49. The van der Waals surface area contributed by atoms with Crippen LogP contribution in [0.3, 0.4) is 0 Å². The lowest BCUT2D eigenvalue weighted by molar-refractivity contribution is 0.506. The van der Waals surface area contributed by atoms with Crippen molar-refractivity contribution in [1.29, 1.82) is 0 Å². The number of halogens is 2. The first-order chi connectivity index (χ1) is 6.59. The largest absolute Gasteiger partial charge is 0.324 e. The Morgan fingerprint density at radius 2 is 1.67 bits per heavy atom. The average Bonchev–Trinajstić information content (AvgIpc) is 2.15. The van der Waals surface area contributed by atoms with Gasteiger partial charge in [0.05, 0.1) is 0 Å². The van der Waals surface area contributed by atoms with Crippen LogP contribution in [0.1, 0.15) is 38.3 Å². The fourth-order valence-corrected chi connectivity index (χ4v) is 1.39. The number of benzene rings is 1. The van der Waals surface area contributed by atoms with Gasteiger partial charge in [-0.15, -0.1) is 12.4 Å². The normalized spacial score (nSPS) is 12.3. The first-order valence-electron chi connectivity index (χ1n) is 5.10. The van der Waals surface area contributed by atoms with E-state index < -0.39 is 0 Å². The zero-order valence-electron chi connectivity index (χ0n) is 9.24. The van der Waals surface area contributed by atoms with Crippen LogP contribution in [0.2, 0.25) is 0 Å². The maximum atomic E-state index is 12.6. The number of rotatable bonds is 4. The van der Waals surface area contributed by atoms with Crippen molar-refractivity contribution < 1.29 is 4.39 Å². The molecule has 0 saturated carbocycles. The highest BCUT2D eigenvalue weighted by molar-refractivity contribution is 5.85. The quantitative estimate of drug-likeness (QED) is 0.841. The van der Waals surface area contributed by atoms with E-state index in [1.54, 1.807) is 12.1 Å². The summed E-state index contributed by atoms with van der Waals surface area (Å²) >= 11 is 0. The molecule has 1 nitrogen and oxygen atoms in total. The molecule has 0 aliphatic heterocycles. The summed E-state index contributed by atoms with van der Waals surface area (Å²) in [5.41, 5.74) is 6.99. The second-order valence-corrected chi connectivity index (χ2v) is 4.13. The fraction of sp³-hybridized carbons (Fsp3) is 0.500. The molecule has 1 unspecified atom stereocenters. The predicted octanol–water partition coefficient (Wildman–Crippen LogP) is 3.68. The predicted molar refractivity (Wildman–Crippen MR) is 64.6 cm³/mol. The molecule has 3 heteroatoms. The van der Waals surface area contributed by atoms with Gasteiger partial charge in [-0.1, -0.05) is 26.0 Å². The van der Waals surface area contributed by atoms with E-state index in [9.17, 15) is 4.39 Å². The van der Waals surface area contributed by atoms with E-state index in [-0.39, 0.29) is 24.3 Å². The molecule has 0 spiro atoms. The van der Waals surface area contributed by atoms with Crippen LogP contribution in [0, 0.1) is 11.7 Å². The van der Waals surface area contributed by atoms with Crippen molar-refractivity contribution in [2.45, 2.75) is 32.7 Å². The summed E-state index contributed by atoms with van der Waals surface area (Å²) in [6.45, 7) is 4.36. The zero-order valence-corrected chi connectivity index (χ0v) is 10.1. The first-order valence-corrected chi connectivity index (χ1v) is 5.10. The minimum atomic E-state index is -0.204. The molecule has 2 N–H and O–H groups in total.